The summed E-state index contributed by atoms with van der Waals surface area (Å²) >= 11 is 0. The molecule has 0 saturated carbocycles. The van der Waals surface area contributed by atoms with Crippen LogP contribution < -0.4 is 5.32 Å². The first-order chi connectivity index (χ1) is 6.18. The Kier molecular flexibility index (Phi) is 2.96. The van der Waals surface area contributed by atoms with Crippen LogP contribution >= 0.6 is 12.4 Å². The molecule has 0 aromatic heterocycles. The number of para-hydroxylation sites is 1. The molecule has 3 nitrogen and oxygen atoms in total. The Balaban J connectivity index is 0.000000980. The van der Waals surface area contributed by atoms with Crippen molar-refractivity contribution in [2.45, 2.75) is 12.5 Å². The van der Waals surface area contributed by atoms with Gasteiger partial charge in [0, 0.05) is 6.42 Å². The van der Waals surface area contributed by atoms with Crippen LogP contribution in [0.25, 0.3) is 0 Å². The first-order valence-corrected chi connectivity index (χ1v) is 3.95. The van der Waals surface area contributed by atoms with Gasteiger partial charge in [0.25, 0.3) is 0 Å². The predicted molar refractivity (Wildman–Crippen MR) is 52.4 cm³/mol. The van der Waals surface area contributed by atoms with E-state index in [0.29, 0.717) is 12.1 Å². The molecule has 76 valence electrons. The third-order valence-corrected chi connectivity index (χ3v) is 2.14. The molecule has 1 aromatic carbocycles. The molecule has 1 aromatic rings. The van der Waals surface area contributed by atoms with Gasteiger partial charge in [0.2, 0.25) is 0 Å². The Bertz CT molecular complexity index is 370. The fourth-order valence-corrected chi connectivity index (χ4v) is 1.49. The minimum Gasteiger partial charge on any atom is -0.480 e. The van der Waals surface area contributed by atoms with Gasteiger partial charge in [-0.05, 0) is 11.6 Å². The molecule has 14 heavy (non-hydrogen) atoms. The molecule has 0 radical (unpaired) electrons. The van der Waals surface area contributed by atoms with Gasteiger partial charge in [-0.25, -0.2) is 9.18 Å². The van der Waals surface area contributed by atoms with E-state index in [1.807, 2.05) is 0 Å². The van der Waals surface area contributed by atoms with Gasteiger partial charge in [-0.2, -0.15) is 0 Å². The van der Waals surface area contributed by atoms with Gasteiger partial charge in [0.15, 0.2) is 0 Å². The zero-order chi connectivity index (χ0) is 9.42. The zero-order valence-electron chi connectivity index (χ0n) is 7.16. The van der Waals surface area contributed by atoms with Gasteiger partial charge in [-0.3, -0.25) is 0 Å². The summed E-state index contributed by atoms with van der Waals surface area (Å²) in [5.41, 5.74) is 1.06. The number of carboxylic acids is 1. The molecule has 0 fully saturated rings. The van der Waals surface area contributed by atoms with Crippen LogP contribution in [0.5, 0.6) is 0 Å². The average molecular weight is 218 g/mol. The fraction of sp³-hybridized carbons (Fsp3) is 0.222. The molecule has 5 heteroatoms. The Morgan fingerprint density at radius 2 is 2.29 bits per heavy atom. The maximum atomic E-state index is 13.1. The van der Waals surface area contributed by atoms with Crippen molar-refractivity contribution in [3.05, 3.63) is 29.6 Å². The van der Waals surface area contributed by atoms with Crippen molar-refractivity contribution in [1.29, 1.82) is 0 Å². The standard InChI is InChI=1S/C9H8FNO2.ClH/c10-6-3-1-2-5-4-7(9(12)13)11-8(5)6;/h1-3,7,11H,4H2,(H,12,13);1H. The van der Waals surface area contributed by atoms with Crippen LogP contribution in [0.15, 0.2) is 18.2 Å². The maximum absolute atomic E-state index is 13.1. The van der Waals surface area contributed by atoms with E-state index in [1.165, 1.54) is 6.07 Å². The highest BCUT2D eigenvalue weighted by Gasteiger charge is 2.27. The van der Waals surface area contributed by atoms with E-state index in [2.05, 4.69) is 5.32 Å². The van der Waals surface area contributed by atoms with Gasteiger partial charge in [-0.1, -0.05) is 12.1 Å². The van der Waals surface area contributed by atoms with Crippen LogP contribution in [0.3, 0.4) is 0 Å². The van der Waals surface area contributed by atoms with Gasteiger partial charge in [0.1, 0.15) is 11.9 Å². The fourth-order valence-electron chi connectivity index (χ4n) is 1.49. The average Bonchev–Trinajstić information content (AvgIpc) is 2.49. The molecular formula is C9H9ClFNO2. The molecule has 1 heterocycles. The highest BCUT2D eigenvalue weighted by Crippen LogP contribution is 2.28. The topological polar surface area (TPSA) is 49.3 Å². The highest BCUT2D eigenvalue weighted by molar-refractivity contribution is 5.85. The number of fused-ring (bicyclic) bond motifs is 1. The molecule has 1 atom stereocenters. The molecular weight excluding hydrogens is 209 g/mol. The Morgan fingerprint density at radius 1 is 1.57 bits per heavy atom. The molecule has 1 aliphatic rings. The van der Waals surface area contributed by atoms with Crippen molar-refractivity contribution in [2.75, 3.05) is 5.32 Å². The number of hydrogen-bond donors (Lipinski definition) is 2. The molecule has 1 unspecified atom stereocenters. The monoisotopic (exact) mass is 217 g/mol. The van der Waals surface area contributed by atoms with Crippen LogP contribution in [0.2, 0.25) is 0 Å². The molecule has 2 rings (SSSR count). The van der Waals surface area contributed by atoms with Crippen molar-refractivity contribution in [3.63, 3.8) is 0 Å². The summed E-state index contributed by atoms with van der Waals surface area (Å²) in [6, 6.07) is 3.94. The second-order valence-electron chi connectivity index (χ2n) is 3.01. The quantitative estimate of drug-likeness (QED) is 0.752. The molecule has 1 aliphatic heterocycles. The lowest BCUT2D eigenvalue weighted by Gasteiger charge is -2.04. The second kappa shape index (κ2) is 3.84. The zero-order valence-corrected chi connectivity index (χ0v) is 7.97. The molecule has 2 N–H and O–H groups in total. The van der Waals surface area contributed by atoms with Crippen LogP contribution in [0.1, 0.15) is 5.56 Å². The number of carbonyl (C=O) groups is 1. The van der Waals surface area contributed by atoms with E-state index in [-0.39, 0.29) is 18.2 Å². The lowest BCUT2D eigenvalue weighted by molar-refractivity contribution is -0.137. The SMILES string of the molecule is Cl.O=C(O)C1Cc2cccc(F)c2N1. The predicted octanol–water partition coefficient (Wildman–Crippen LogP) is 1.67. The van der Waals surface area contributed by atoms with Crippen LogP contribution in [-0.4, -0.2) is 17.1 Å². The number of halogens is 2. The summed E-state index contributed by atoms with van der Waals surface area (Å²) in [6.45, 7) is 0. The molecule has 0 saturated heterocycles. The van der Waals surface area contributed by atoms with Crippen LogP contribution in [-0.2, 0) is 11.2 Å². The number of benzene rings is 1. The minimum atomic E-state index is -0.949. The number of hydrogen-bond acceptors (Lipinski definition) is 2. The second-order valence-corrected chi connectivity index (χ2v) is 3.01. The van der Waals surface area contributed by atoms with E-state index >= 15 is 0 Å². The first kappa shape index (κ1) is 10.8. The van der Waals surface area contributed by atoms with E-state index in [1.54, 1.807) is 12.1 Å². The van der Waals surface area contributed by atoms with Crippen molar-refractivity contribution in [2.24, 2.45) is 0 Å². The van der Waals surface area contributed by atoms with Gasteiger partial charge in [0.05, 0.1) is 5.69 Å². The van der Waals surface area contributed by atoms with Crippen molar-refractivity contribution >= 4 is 24.1 Å². The third kappa shape index (κ3) is 1.65. The normalized spacial score (nSPS) is 17.9. The summed E-state index contributed by atoms with van der Waals surface area (Å²) in [5.74, 6) is -1.34. The number of rotatable bonds is 1. The summed E-state index contributed by atoms with van der Waals surface area (Å²) < 4.78 is 13.1. The number of aliphatic carboxylic acids is 1. The Labute approximate surface area is 86.3 Å². The lowest BCUT2D eigenvalue weighted by atomic mass is 10.1. The highest BCUT2D eigenvalue weighted by atomic mass is 35.5. The maximum Gasteiger partial charge on any atom is 0.326 e. The Morgan fingerprint density at radius 3 is 2.86 bits per heavy atom. The Hall–Kier alpha value is -1.29. The third-order valence-electron chi connectivity index (χ3n) is 2.14. The van der Waals surface area contributed by atoms with E-state index in [0.717, 1.165) is 5.56 Å². The number of carboxylic acid groups (broad SMARTS) is 1. The number of nitrogens with one attached hydrogen (secondary N) is 1. The van der Waals surface area contributed by atoms with Gasteiger partial charge < -0.3 is 10.4 Å². The van der Waals surface area contributed by atoms with Crippen molar-refractivity contribution < 1.29 is 14.3 Å². The van der Waals surface area contributed by atoms with E-state index < -0.39 is 12.0 Å². The lowest BCUT2D eigenvalue weighted by Crippen LogP contribution is -2.26. The van der Waals surface area contributed by atoms with Gasteiger partial charge in [-0.15, -0.1) is 12.4 Å². The molecule has 0 aliphatic carbocycles. The van der Waals surface area contributed by atoms with Crippen molar-refractivity contribution in [3.8, 4) is 0 Å². The summed E-state index contributed by atoms with van der Waals surface area (Å²) in [4.78, 5) is 10.6. The summed E-state index contributed by atoms with van der Waals surface area (Å²) in [6.07, 6.45) is 0.350. The molecule has 0 bridgehead atoms. The van der Waals surface area contributed by atoms with E-state index in [9.17, 15) is 9.18 Å². The smallest absolute Gasteiger partial charge is 0.326 e. The first-order valence-electron chi connectivity index (χ1n) is 3.95. The van der Waals surface area contributed by atoms with Gasteiger partial charge >= 0.3 is 5.97 Å². The largest absolute Gasteiger partial charge is 0.480 e. The number of anilines is 1. The summed E-state index contributed by atoms with van der Waals surface area (Å²) in [5, 5.41) is 11.3. The van der Waals surface area contributed by atoms with Crippen molar-refractivity contribution in [1.82, 2.24) is 0 Å². The molecule has 0 amide bonds. The minimum absolute atomic E-state index is 0. The van der Waals surface area contributed by atoms with E-state index in [4.69, 9.17) is 5.11 Å². The van der Waals surface area contributed by atoms with Crippen LogP contribution in [0.4, 0.5) is 10.1 Å². The summed E-state index contributed by atoms with van der Waals surface area (Å²) in [7, 11) is 0. The van der Waals surface area contributed by atoms with Crippen LogP contribution in [0, 0.1) is 5.82 Å². The molecule has 0 spiro atoms.